The summed E-state index contributed by atoms with van der Waals surface area (Å²) in [6.07, 6.45) is 4.78. The molecule has 2 saturated heterocycles. The quantitative estimate of drug-likeness (QED) is 0.727. The van der Waals surface area contributed by atoms with E-state index in [1.54, 1.807) is 6.20 Å². The maximum atomic E-state index is 11.8. The molecule has 6 heteroatoms. The Balaban J connectivity index is 1.71. The van der Waals surface area contributed by atoms with E-state index in [1.807, 2.05) is 17.8 Å². The van der Waals surface area contributed by atoms with Crippen molar-refractivity contribution < 1.29 is 9.59 Å². The normalized spacial score (nSPS) is 28.3. The molecule has 3 rings (SSSR count). The first-order chi connectivity index (χ1) is 8.59. The van der Waals surface area contributed by atoms with Crippen LogP contribution in [0.3, 0.4) is 0 Å². The third-order valence-corrected chi connectivity index (χ3v) is 3.95. The summed E-state index contributed by atoms with van der Waals surface area (Å²) >= 11 is 0. The van der Waals surface area contributed by atoms with Crippen LogP contribution in [0.1, 0.15) is 18.7 Å². The van der Waals surface area contributed by atoms with Gasteiger partial charge in [-0.2, -0.15) is 0 Å². The van der Waals surface area contributed by atoms with Crippen molar-refractivity contribution in [3.8, 4) is 0 Å². The summed E-state index contributed by atoms with van der Waals surface area (Å²) in [5.41, 5.74) is -0.484. The molecule has 2 aliphatic heterocycles. The largest absolute Gasteiger partial charge is 0.337 e. The Labute approximate surface area is 105 Å². The highest BCUT2D eigenvalue weighted by molar-refractivity contribution is 6.06. The number of hydrogen-bond donors (Lipinski definition) is 1. The van der Waals surface area contributed by atoms with E-state index in [2.05, 4.69) is 15.2 Å². The maximum Gasteiger partial charge on any atom is 0.234 e. The molecule has 18 heavy (non-hydrogen) atoms. The summed E-state index contributed by atoms with van der Waals surface area (Å²) in [7, 11) is 1.96. The van der Waals surface area contributed by atoms with E-state index in [0.29, 0.717) is 13.0 Å². The molecular formula is C12H16N4O2. The van der Waals surface area contributed by atoms with Crippen LogP contribution in [0.15, 0.2) is 12.4 Å². The molecule has 2 amide bonds. The molecule has 1 unspecified atom stereocenters. The zero-order valence-corrected chi connectivity index (χ0v) is 10.3. The predicted octanol–water partition coefficient (Wildman–Crippen LogP) is -0.341. The summed E-state index contributed by atoms with van der Waals surface area (Å²) in [6.45, 7) is 2.22. The molecule has 0 radical (unpaired) electrons. The standard InChI is InChI=1S/C12H16N4O2/c1-15-5-3-13-9(15)7-16-4-2-12(8-16)6-10(17)14-11(12)18/h3,5H,2,4,6-8H2,1H3,(H,14,17,18). The fourth-order valence-electron chi connectivity index (χ4n) is 2.86. The molecule has 1 spiro atoms. The van der Waals surface area contributed by atoms with Gasteiger partial charge in [-0.15, -0.1) is 0 Å². The van der Waals surface area contributed by atoms with Crippen LogP contribution in [-0.4, -0.2) is 39.4 Å². The van der Waals surface area contributed by atoms with Gasteiger partial charge in [0, 0.05) is 32.4 Å². The number of likely N-dealkylation sites (tertiary alicyclic amines) is 1. The van der Waals surface area contributed by atoms with Crippen molar-refractivity contribution in [2.24, 2.45) is 12.5 Å². The second-order valence-corrected chi connectivity index (χ2v) is 5.25. The van der Waals surface area contributed by atoms with Gasteiger partial charge in [0.25, 0.3) is 0 Å². The topological polar surface area (TPSA) is 67.2 Å². The number of carbonyl (C=O) groups excluding carboxylic acids is 2. The molecule has 0 bridgehead atoms. The van der Waals surface area contributed by atoms with Crippen LogP contribution in [0, 0.1) is 5.41 Å². The summed E-state index contributed by atoms with van der Waals surface area (Å²) in [5, 5.41) is 2.41. The lowest BCUT2D eigenvalue weighted by molar-refractivity contribution is -0.128. The third kappa shape index (κ3) is 1.73. The van der Waals surface area contributed by atoms with E-state index in [4.69, 9.17) is 0 Å². The van der Waals surface area contributed by atoms with E-state index >= 15 is 0 Å². The van der Waals surface area contributed by atoms with Gasteiger partial charge in [0.15, 0.2) is 0 Å². The Morgan fingerprint density at radius 2 is 2.33 bits per heavy atom. The second-order valence-electron chi connectivity index (χ2n) is 5.25. The van der Waals surface area contributed by atoms with Crippen molar-refractivity contribution in [1.82, 2.24) is 19.8 Å². The number of nitrogens with zero attached hydrogens (tertiary/aromatic N) is 3. The van der Waals surface area contributed by atoms with Gasteiger partial charge in [0.1, 0.15) is 5.82 Å². The number of carbonyl (C=O) groups is 2. The first-order valence-corrected chi connectivity index (χ1v) is 6.12. The molecular weight excluding hydrogens is 232 g/mol. The van der Waals surface area contributed by atoms with Crippen LogP contribution >= 0.6 is 0 Å². The Morgan fingerprint density at radius 3 is 2.94 bits per heavy atom. The number of imide groups is 1. The minimum Gasteiger partial charge on any atom is -0.337 e. The molecule has 0 aromatic carbocycles. The SMILES string of the molecule is Cn1ccnc1CN1CCC2(CC(=O)NC2=O)C1. The molecule has 2 fully saturated rings. The number of aromatic nitrogens is 2. The molecule has 1 atom stereocenters. The fourth-order valence-corrected chi connectivity index (χ4v) is 2.86. The highest BCUT2D eigenvalue weighted by Crippen LogP contribution is 2.37. The van der Waals surface area contributed by atoms with Crippen molar-refractivity contribution in [3.05, 3.63) is 18.2 Å². The maximum absolute atomic E-state index is 11.8. The number of aryl methyl sites for hydroxylation is 1. The average molecular weight is 248 g/mol. The van der Waals surface area contributed by atoms with E-state index in [-0.39, 0.29) is 11.8 Å². The first-order valence-electron chi connectivity index (χ1n) is 6.12. The van der Waals surface area contributed by atoms with Crippen LogP contribution in [0.5, 0.6) is 0 Å². The van der Waals surface area contributed by atoms with Gasteiger partial charge >= 0.3 is 0 Å². The van der Waals surface area contributed by atoms with Crippen molar-refractivity contribution in [3.63, 3.8) is 0 Å². The Kier molecular flexibility index (Phi) is 2.48. The van der Waals surface area contributed by atoms with Gasteiger partial charge in [0.2, 0.25) is 11.8 Å². The molecule has 0 aliphatic carbocycles. The zero-order valence-electron chi connectivity index (χ0n) is 10.3. The van der Waals surface area contributed by atoms with E-state index in [1.165, 1.54) is 0 Å². The highest BCUT2D eigenvalue weighted by atomic mass is 16.2. The van der Waals surface area contributed by atoms with Crippen LogP contribution in [0.4, 0.5) is 0 Å². The van der Waals surface area contributed by atoms with Gasteiger partial charge < -0.3 is 4.57 Å². The lowest BCUT2D eigenvalue weighted by Gasteiger charge is -2.19. The van der Waals surface area contributed by atoms with Crippen LogP contribution in [0.25, 0.3) is 0 Å². The zero-order chi connectivity index (χ0) is 12.8. The Bertz CT molecular complexity index is 510. The summed E-state index contributed by atoms with van der Waals surface area (Å²) in [5.74, 6) is 0.741. The lowest BCUT2D eigenvalue weighted by Crippen LogP contribution is -2.34. The number of amides is 2. The highest BCUT2D eigenvalue weighted by Gasteiger charge is 2.50. The molecule has 2 aliphatic rings. The summed E-state index contributed by atoms with van der Waals surface area (Å²) < 4.78 is 1.98. The third-order valence-electron chi connectivity index (χ3n) is 3.95. The summed E-state index contributed by atoms with van der Waals surface area (Å²) in [6, 6.07) is 0. The van der Waals surface area contributed by atoms with Crippen LogP contribution in [0.2, 0.25) is 0 Å². The number of rotatable bonds is 2. The molecule has 6 nitrogen and oxygen atoms in total. The van der Waals surface area contributed by atoms with E-state index in [9.17, 15) is 9.59 Å². The van der Waals surface area contributed by atoms with Crippen LogP contribution < -0.4 is 5.32 Å². The van der Waals surface area contributed by atoms with Crippen molar-refractivity contribution >= 4 is 11.8 Å². The molecule has 1 aromatic heterocycles. The van der Waals surface area contributed by atoms with Gasteiger partial charge in [-0.3, -0.25) is 19.8 Å². The molecule has 1 N–H and O–H groups in total. The molecule has 3 heterocycles. The van der Waals surface area contributed by atoms with Gasteiger partial charge in [-0.05, 0) is 13.0 Å². The number of nitrogens with one attached hydrogen (secondary N) is 1. The van der Waals surface area contributed by atoms with E-state index in [0.717, 1.165) is 25.3 Å². The minimum absolute atomic E-state index is 0.102. The molecule has 1 aromatic rings. The summed E-state index contributed by atoms with van der Waals surface area (Å²) in [4.78, 5) is 29.6. The van der Waals surface area contributed by atoms with Gasteiger partial charge in [-0.1, -0.05) is 0 Å². The fraction of sp³-hybridized carbons (Fsp3) is 0.583. The molecule has 0 saturated carbocycles. The average Bonchev–Trinajstić information content (AvgIpc) is 2.94. The minimum atomic E-state index is -0.484. The Morgan fingerprint density at radius 1 is 1.50 bits per heavy atom. The predicted molar refractivity (Wildman–Crippen MR) is 63.3 cm³/mol. The smallest absolute Gasteiger partial charge is 0.234 e. The van der Waals surface area contributed by atoms with E-state index < -0.39 is 5.41 Å². The number of hydrogen-bond acceptors (Lipinski definition) is 4. The van der Waals surface area contributed by atoms with Crippen LogP contribution in [-0.2, 0) is 23.2 Å². The van der Waals surface area contributed by atoms with Crippen molar-refractivity contribution in [2.45, 2.75) is 19.4 Å². The monoisotopic (exact) mass is 248 g/mol. The van der Waals surface area contributed by atoms with Crippen molar-refractivity contribution in [2.75, 3.05) is 13.1 Å². The Hall–Kier alpha value is -1.69. The van der Waals surface area contributed by atoms with Gasteiger partial charge in [0.05, 0.1) is 12.0 Å². The number of imidazole rings is 1. The molecule has 96 valence electrons. The van der Waals surface area contributed by atoms with Crippen molar-refractivity contribution in [1.29, 1.82) is 0 Å². The lowest BCUT2D eigenvalue weighted by atomic mass is 9.85. The second kappa shape index (κ2) is 3.91. The first kappa shape index (κ1) is 11.4. The van der Waals surface area contributed by atoms with Gasteiger partial charge in [-0.25, -0.2) is 4.98 Å².